The van der Waals surface area contributed by atoms with Gasteiger partial charge in [-0.15, -0.1) is 0 Å². The maximum absolute atomic E-state index is 13.9. The molecule has 1 aromatic carbocycles. The second-order valence-electron chi connectivity index (χ2n) is 7.56. The zero-order valence-electron chi connectivity index (χ0n) is 16.0. The number of aromatic nitrogens is 2. The average Bonchev–Trinajstić information content (AvgIpc) is 3.43. The number of benzene rings is 1. The highest BCUT2D eigenvalue weighted by Crippen LogP contribution is 2.35. The highest BCUT2D eigenvalue weighted by atomic mass is 32.1. The van der Waals surface area contributed by atoms with Crippen LogP contribution in [0.1, 0.15) is 52.4 Å². The minimum absolute atomic E-state index is 0.0176. The predicted molar refractivity (Wildman–Crippen MR) is 108 cm³/mol. The van der Waals surface area contributed by atoms with Crippen LogP contribution in [0.25, 0.3) is 11.3 Å². The summed E-state index contributed by atoms with van der Waals surface area (Å²) < 4.78 is 24.4. The molecule has 29 heavy (non-hydrogen) atoms. The molecule has 0 aliphatic heterocycles. The first-order valence-corrected chi connectivity index (χ1v) is 10.1. The van der Waals surface area contributed by atoms with Crippen LogP contribution in [-0.2, 0) is 5.60 Å². The lowest BCUT2D eigenvalue weighted by atomic mass is 10.0. The largest absolute Gasteiger partial charge is 0.481 e. The van der Waals surface area contributed by atoms with E-state index < -0.39 is 11.4 Å². The summed E-state index contributed by atoms with van der Waals surface area (Å²) in [6.07, 6.45) is 3.94. The predicted octanol–water partition coefficient (Wildman–Crippen LogP) is 5.06. The molecule has 0 bridgehead atoms. The van der Waals surface area contributed by atoms with Gasteiger partial charge in [0.15, 0.2) is 12.1 Å². The van der Waals surface area contributed by atoms with E-state index in [9.17, 15) is 14.0 Å². The van der Waals surface area contributed by atoms with Gasteiger partial charge in [0, 0.05) is 11.5 Å². The first-order chi connectivity index (χ1) is 13.9. The number of aldehydes is 1. The van der Waals surface area contributed by atoms with Gasteiger partial charge >= 0.3 is 0 Å². The van der Waals surface area contributed by atoms with Crippen molar-refractivity contribution in [2.24, 2.45) is 5.92 Å². The van der Waals surface area contributed by atoms with Crippen LogP contribution in [0, 0.1) is 11.7 Å². The quantitative estimate of drug-likeness (QED) is 0.402. The molecular formula is C22H19FN2O3S. The van der Waals surface area contributed by atoms with Gasteiger partial charge in [0.2, 0.25) is 0 Å². The third-order valence-electron chi connectivity index (χ3n) is 4.84. The second kappa shape index (κ2) is 7.48. The molecule has 2 aromatic heterocycles. The molecule has 5 nitrogen and oxygen atoms in total. The molecule has 7 heteroatoms. The van der Waals surface area contributed by atoms with Gasteiger partial charge in [-0.2, -0.15) is 4.37 Å². The summed E-state index contributed by atoms with van der Waals surface area (Å²) >= 11 is 1.27. The van der Waals surface area contributed by atoms with Crippen molar-refractivity contribution in [2.75, 3.05) is 0 Å². The van der Waals surface area contributed by atoms with Crippen molar-refractivity contribution in [1.29, 1.82) is 0 Å². The normalized spacial score (nSPS) is 13.9. The summed E-state index contributed by atoms with van der Waals surface area (Å²) in [4.78, 5) is 27.9. The van der Waals surface area contributed by atoms with Gasteiger partial charge in [-0.25, -0.2) is 9.37 Å². The van der Waals surface area contributed by atoms with E-state index in [1.807, 2.05) is 19.9 Å². The Morgan fingerprint density at radius 3 is 2.66 bits per heavy atom. The molecule has 0 atom stereocenters. The van der Waals surface area contributed by atoms with E-state index in [1.165, 1.54) is 23.7 Å². The fourth-order valence-corrected chi connectivity index (χ4v) is 3.74. The topological polar surface area (TPSA) is 69.2 Å². The van der Waals surface area contributed by atoms with E-state index in [0.29, 0.717) is 29.0 Å². The molecule has 0 radical (unpaired) electrons. The van der Waals surface area contributed by atoms with Crippen LogP contribution in [0.4, 0.5) is 4.39 Å². The van der Waals surface area contributed by atoms with E-state index in [2.05, 4.69) is 9.36 Å². The number of ether oxygens (including phenoxy) is 1. The van der Waals surface area contributed by atoms with Crippen LogP contribution in [0.5, 0.6) is 5.75 Å². The van der Waals surface area contributed by atoms with E-state index in [1.54, 1.807) is 24.4 Å². The number of hydrogen-bond acceptors (Lipinski definition) is 6. The number of pyridine rings is 1. The van der Waals surface area contributed by atoms with Crippen molar-refractivity contribution in [1.82, 2.24) is 9.36 Å². The summed E-state index contributed by atoms with van der Waals surface area (Å²) in [5, 5.41) is 0. The molecule has 0 N–H and O–H groups in total. The third-order valence-corrected chi connectivity index (χ3v) is 5.93. The van der Waals surface area contributed by atoms with Crippen LogP contribution in [0.15, 0.2) is 42.6 Å². The van der Waals surface area contributed by atoms with E-state index in [4.69, 9.17) is 4.74 Å². The number of nitrogens with zero attached hydrogens (tertiary/aromatic N) is 2. The van der Waals surface area contributed by atoms with E-state index in [0.717, 1.165) is 17.7 Å². The van der Waals surface area contributed by atoms with E-state index in [-0.39, 0.29) is 17.3 Å². The monoisotopic (exact) mass is 410 g/mol. The number of halogens is 1. The molecule has 1 fully saturated rings. The molecular weight excluding hydrogens is 391 g/mol. The Bertz CT molecular complexity index is 1070. The van der Waals surface area contributed by atoms with Crippen LogP contribution in [0.2, 0.25) is 0 Å². The zero-order chi connectivity index (χ0) is 20.6. The third kappa shape index (κ3) is 4.10. The number of rotatable bonds is 7. The second-order valence-corrected chi connectivity index (χ2v) is 8.37. The lowest BCUT2D eigenvalue weighted by molar-refractivity contribution is 0.0961. The van der Waals surface area contributed by atoms with Gasteiger partial charge in [0.1, 0.15) is 22.9 Å². The van der Waals surface area contributed by atoms with Gasteiger partial charge in [-0.05, 0) is 68.6 Å². The highest BCUT2D eigenvalue weighted by Gasteiger charge is 2.31. The molecule has 0 saturated heterocycles. The van der Waals surface area contributed by atoms with Crippen molar-refractivity contribution in [3.05, 3.63) is 64.5 Å². The average molecular weight is 410 g/mol. The molecule has 1 aliphatic carbocycles. The Kier molecular flexibility index (Phi) is 5.00. The maximum atomic E-state index is 13.9. The minimum Gasteiger partial charge on any atom is -0.481 e. The standard InChI is InChI=1S/C22H19FN2O3S/c1-22(2,28-16-7-8-18(24-11-16)21(27)13-3-4-13)20-10-19(25-29-20)14-5-6-15(12-26)17(23)9-14/h5-13H,3-4H2,1-2H3. The number of Topliss-reactive ketones (excluding diaryl/α,β-unsaturated/α-hetero) is 1. The van der Waals surface area contributed by atoms with Gasteiger partial charge in [-0.3, -0.25) is 9.59 Å². The molecule has 1 aliphatic rings. The molecule has 2 heterocycles. The maximum Gasteiger partial charge on any atom is 0.184 e. The smallest absolute Gasteiger partial charge is 0.184 e. The zero-order valence-corrected chi connectivity index (χ0v) is 16.8. The van der Waals surface area contributed by atoms with Crippen molar-refractivity contribution in [2.45, 2.75) is 32.3 Å². The lowest BCUT2D eigenvalue weighted by Crippen LogP contribution is -2.24. The molecule has 0 spiro atoms. The summed E-state index contributed by atoms with van der Waals surface area (Å²) in [6.45, 7) is 3.81. The highest BCUT2D eigenvalue weighted by molar-refractivity contribution is 7.06. The van der Waals surface area contributed by atoms with Crippen LogP contribution < -0.4 is 4.74 Å². The SMILES string of the molecule is CC(C)(Oc1ccc(C(=O)C2CC2)nc1)c1cc(-c2ccc(C=O)c(F)c2)ns1. The van der Waals surface area contributed by atoms with Crippen molar-refractivity contribution in [3.63, 3.8) is 0 Å². The molecule has 148 valence electrons. The Morgan fingerprint density at radius 2 is 2.03 bits per heavy atom. The molecule has 0 amide bonds. The fourth-order valence-electron chi connectivity index (χ4n) is 2.96. The van der Waals surface area contributed by atoms with Gasteiger partial charge in [0.25, 0.3) is 0 Å². The van der Waals surface area contributed by atoms with Gasteiger partial charge in [-0.1, -0.05) is 6.07 Å². The number of hydrogen-bond donors (Lipinski definition) is 0. The molecule has 0 unspecified atom stereocenters. The summed E-state index contributed by atoms with van der Waals surface area (Å²) in [7, 11) is 0. The molecule has 4 rings (SSSR count). The Morgan fingerprint density at radius 1 is 1.24 bits per heavy atom. The van der Waals surface area contributed by atoms with Gasteiger partial charge < -0.3 is 4.74 Å². The minimum atomic E-state index is -0.694. The van der Waals surface area contributed by atoms with Crippen molar-refractivity contribution >= 4 is 23.6 Å². The first-order valence-electron chi connectivity index (χ1n) is 9.29. The first kappa shape index (κ1) is 19.4. The summed E-state index contributed by atoms with van der Waals surface area (Å²) in [5.74, 6) is 0.204. The fraction of sp³-hybridized carbons (Fsp3) is 0.273. The molecule has 3 aromatic rings. The molecule has 1 saturated carbocycles. The Labute approximate surface area is 171 Å². The number of ketones is 1. The van der Waals surface area contributed by atoms with Crippen LogP contribution >= 0.6 is 11.5 Å². The van der Waals surface area contributed by atoms with Gasteiger partial charge in [0.05, 0.1) is 22.3 Å². The number of carbonyl (C=O) groups excluding carboxylic acids is 2. The van der Waals surface area contributed by atoms with Crippen molar-refractivity contribution in [3.8, 4) is 17.0 Å². The Balaban J connectivity index is 1.51. The summed E-state index contributed by atoms with van der Waals surface area (Å²) in [5.41, 5.74) is 1.00. The van der Waals surface area contributed by atoms with Crippen LogP contribution in [0.3, 0.4) is 0 Å². The summed E-state index contributed by atoms with van der Waals surface area (Å²) in [6, 6.07) is 9.70. The lowest BCUT2D eigenvalue weighted by Gasteiger charge is -2.24. The van der Waals surface area contributed by atoms with Crippen molar-refractivity contribution < 1.29 is 18.7 Å². The number of carbonyl (C=O) groups is 2. The van der Waals surface area contributed by atoms with E-state index >= 15 is 0 Å². The Hall–Kier alpha value is -2.93. The van der Waals surface area contributed by atoms with Crippen LogP contribution in [-0.4, -0.2) is 21.4 Å².